The molecule has 3 aromatic heterocycles. The Bertz CT molecular complexity index is 2060. The maximum absolute atomic E-state index is 11.8. The molecule has 0 amide bonds. The summed E-state index contributed by atoms with van der Waals surface area (Å²) in [4.78, 5) is 20.7. The van der Waals surface area contributed by atoms with Crippen LogP contribution in [0.2, 0.25) is 0 Å². The summed E-state index contributed by atoms with van der Waals surface area (Å²) in [6.45, 7) is 7.35. The summed E-state index contributed by atoms with van der Waals surface area (Å²) in [5.74, 6) is 2.49. The third-order valence-electron chi connectivity index (χ3n) is 7.96. The number of oxazole rings is 1. The van der Waals surface area contributed by atoms with Gasteiger partial charge in [0.2, 0.25) is 11.8 Å². The molecule has 0 N–H and O–H groups in total. The third kappa shape index (κ3) is 8.12. The minimum atomic E-state index is -0.257. The van der Waals surface area contributed by atoms with Gasteiger partial charge >= 0.3 is 5.97 Å². The van der Waals surface area contributed by atoms with Crippen molar-refractivity contribution in [3.8, 4) is 34.5 Å². The lowest BCUT2D eigenvalue weighted by atomic mass is 10.1. The number of hydrogen-bond acceptors (Lipinski definition) is 9. The van der Waals surface area contributed by atoms with Crippen LogP contribution in [0, 0.1) is 6.92 Å². The molecule has 6 rings (SSSR count). The van der Waals surface area contributed by atoms with Crippen LogP contribution in [0.1, 0.15) is 47.7 Å². The van der Waals surface area contributed by atoms with E-state index < -0.39 is 0 Å². The van der Waals surface area contributed by atoms with Gasteiger partial charge < -0.3 is 27.9 Å². The minimum absolute atomic E-state index is 0.187. The average Bonchev–Trinajstić information content (AvgIpc) is 3.88. The second kappa shape index (κ2) is 15.9. The lowest BCUT2D eigenvalue weighted by Crippen LogP contribution is -2.07. The standard InChI is InChI=1S/C39H39N5O6/c1-5-43-26-40-22-33(43)18-17-31-23-44(32-10-8-7-9-11-32)42-39(31)49-24-29-14-19-35(36(20-29)46-4)48-25-34-27(3)50-38(41-34)30-15-12-28(13-16-30)21-37(45)47-6-2/h7-20,22-23,26H,5-6,21,24-25H2,1-4H3/b18-17+. The van der Waals surface area contributed by atoms with E-state index in [-0.39, 0.29) is 25.6 Å². The molecule has 6 aromatic rings. The number of ether oxygens (including phenoxy) is 4. The van der Waals surface area contributed by atoms with Crippen LogP contribution in [0.15, 0.2) is 95.9 Å². The molecule has 0 aliphatic rings. The minimum Gasteiger partial charge on any atom is -0.493 e. The largest absolute Gasteiger partial charge is 0.493 e. The van der Waals surface area contributed by atoms with Gasteiger partial charge in [-0.1, -0.05) is 36.4 Å². The molecule has 0 fully saturated rings. The summed E-state index contributed by atoms with van der Waals surface area (Å²) < 4.78 is 32.9. The van der Waals surface area contributed by atoms with Gasteiger partial charge in [0.25, 0.3) is 0 Å². The molecule has 50 heavy (non-hydrogen) atoms. The lowest BCUT2D eigenvalue weighted by molar-refractivity contribution is -0.142. The molecule has 0 aliphatic heterocycles. The number of methoxy groups -OCH3 is 1. The molecular weight excluding hydrogens is 634 g/mol. The van der Waals surface area contributed by atoms with Crippen molar-refractivity contribution < 1.29 is 28.2 Å². The van der Waals surface area contributed by atoms with Crippen LogP contribution in [0.5, 0.6) is 17.4 Å². The van der Waals surface area contributed by atoms with Crippen molar-refractivity contribution in [2.75, 3.05) is 13.7 Å². The molecule has 0 radical (unpaired) electrons. The fourth-order valence-electron chi connectivity index (χ4n) is 5.27. The van der Waals surface area contributed by atoms with E-state index in [0.29, 0.717) is 41.3 Å². The number of rotatable bonds is 15. The molecular formula is C39H39N5O6. The molecule has 11 nitrogen and oxygen atoms in total. The molecule has 11 heteroatoms. The molecule has 0 aliphatic carbocycles. The molecule has 3 aromatic carbocycles. The fraction of sp³-hybridized carbons (Fsp3) is 0.231. The van der Waals surface area contributed by atoms with Gasteiger partial charge in [-0.05, 0) is 80.4 Å². The van der Waals surface area contributed by atoms with E-state index in [2.05, 4.69) is 21.5 Å². The smallest absolute Gasteiger partial charge is 0.310 e. The highest BCUT2D eigenvalue weighted by atomic mass is 16.5. The zero-order chi connectivity index (χ0) is 34.9. The Hall–Kier alpha value is -6.10. The van der Waals surface area contributed by atoms with E-state index in [1.807, 2.05) is 115 Å². The van der Waals surface area contributed by atoms with Crippen LogP contribution in [0.3, 0.4) is 0 Å². The van der Waals surface area contributed by atoms with Gasteiger partial charge in [-0.2, -0.15) is 0 Å². The van der Waals surface area contributed by atoms with Gasteiger partial charge in [0, 0.05) is 18.3 Å². The summed E-state index contributed by atoms with van der Waals surface area (Å²) in [7, 11) is 1.60. The maximum atomic E-state index is 11.8. The SMILES string of the molecule is CCOC(=O)Cc1ccc(-c2nc(COc3ccc(COc4nn(-c5ccccc5)cc4/C=C/c4cncn4CC)cc3OC)c(C)o2)cc1. The number of benzene rings is 3. The molecule has 0 saturated heterocycles. The summed E-state index contributed by atoms with van der Waals surface area (Å²) >= 11 is 0. The van der Waals surface area contributed by atoms with Crippen molar-refractivity contribution >= 4 is 18.1 Å². The monoisotopic (exact) mass is 673 g/mol. The fourth-order valence-corrected chi connectivity index (χ4v) is 5.27. The van der Waals surface area contributed by atoms with Crippen molar-refractivity contribution in [1.82, 2.24) is 24.3 Å². The van der Waals surface area contributed by atoms with Gasteiger partial charge in [-0.15, -0.1) is 5.10 Å². The van der Waals surface area contributed by atoms with Crippen molar-refractivity contribution in [2.24, 2.45) is 0 Å². The number of esters is 1. The number of nitrogens with zero attached hydrogens (tertiary/aromatic N) is 5. The first-order chi connectivity index (χ1) is 24.4. The molecule has 0 unspecified atom stereocenters. The Morgan fingerprint density at radius 2 is 1.72 bits per heavy atom. The quantitative estimate of drug-likeness (QED) is 0.102. The van der Waals surface area contributed by atoms with Crippen molar-refractivity contribution in [1.29, 1.82) is 0 Å². The summed E-state index contributed by atoms with van der Waals surface area (Å²) in [6.07, 6.45) is 9.80. The second-order valence-electron chi connectivity index (χ2n) is 11.4. The Morgan fingerprint density at radius 1 is 0.920 bits per heavy atom. The molecule has 3 heterocycles. The van der Waals surface area contributed by atoms with Crippen molar-refractivity contribution in [2.45, 2.75) is 47.0 Å². The first-order valence-corrected chi connectivity index (χ1v) is 16.4. The predicted molar refractivity (Wildman–Crippen MR) is 189 cm³/mol. The second-order valence-corrected chi connectivity index (χ2v) is 11.4. The number of aryl methyl sites for hydroxylation is 2. The molecule has 256 valence electrons. The number of imidazole rings is 1. The van der Waals surface area contributed by atoms with Gasteiger partial charge in [-0.3, -0.25) is 4.79 Å². The van der Waals surface area contributed by atoms with Crippen LogP contribution < -0.4 is 14.2 Å². The number of para-hydroxylation sites is 1. The van der Waals surface area contributed by atoms with Gasteiger partial charge in [-0.25, -0.2) is 14.6 Å². The van der Waals surface area contributed by atoms with E-state index >= 15 is 0 Å². The Balaban J connectivity index is 1.12. The maximum Gasteiger partial charge on any atom is 0.310 e. The molecule has 0 saturated carbocycles. The van der Waals surface area contributed by atoms with E-state index in [9.17, 15) is 4.79 Å². The highest BCUT2D eigenvalue weighted by molar-refractivity contribution is 5.73. The number of aromatic nitrogens is 5. The number of carbonyl (C=O) groups is 1. The highest BCUT2D eigenvalue weighted by Crippen LogP contribution is 2.31. The van der Waals surface area contributed by atoms with Crippen LogP contribution in [-0.4, -0.2) is 44.0 Å². The Kier molecular flexibility index (Phi) is 10.7. The lowest BCUT2D eigenvalue weighted by Gasteiger charge is -2.12. The van der Waals surface area contributed by atoms with Gasteiger partial charge in [0.05, 0.1) is 49.6 Å². The van der Waals surface area contributed by atoms with E-state index in [1.165, 1.54) is 0 Å². The van der Waals surface area contributed by atoms with E-state index in [1.54, 1.807) is 14.0 Å². The molecule has 0 bridgehead atoms. The summed E-state index contributed by atoms with van der Waals surface area (Å²) in [5.41, 5.74) is 5.96. The summed E-state index contributed by atoms with van der Waals surface area (Å²) in [6, 6.07) is 23.1. The number of carbonyl (C=O) groups excluding carboxylic acids is 1. The molecule has 0 spiro atoms. The zero-order valence-electron chi connectivity index (χ0n) is 28.5. The average molecular weight is 674 g/mol. The highest BCUT2D eigenvalue weighted by Gasteiger charge is 2.16. The zero-order valence-corrected chi connectivity index (χ0v) is 28.5. The number of hydrogen-bond donors (Lipinski definition) is 0. The van der Waals surface area contributed by atoms with Gasteiger partial charge in [0.1, 0.15) is 24.7 Å². The van der Waals surface area contributed by atoms with Crippen LogP contribution in [-0.2, 0) is 35.7 Å². The topological polar surface area (TPSA) is 116 Å². The first kappa shape index (κ1) is 33.8. The Labute approximate surface area is 290 Å². The normalized spacial score (nSPS) is 11.2. The predicted octanol–water partition coefficient (Wildman–Crippen LogP) is 7.49. The van der Waals surface area contributed by atoms with Crippen molar-refractivity contribution in [3.63, 3.8) is 0 Å². The van der Waals surface area contributed by atoms with Crippen LogP contribution in [0.25, 0.3) is 29.3 Å². The van der Waals surface area contributed by atoms with E-state index in [4.69, 9.17) is 28.5 Å². The first-order valence-electron chi connectivity index (χ1n) is 16.4. The third-order valence-corrected chi connectivity index (χ3v) is 7.96. The van der Waals surface area contributed by atoms with Crippen molar-refractivity contribution in [3.05, 3.63) is 125 Å². The molecule has 0 atom stereocenters. The Morgan fingerprint density at radius 3 is 2.48 bits per heavy atom. The van der Waals surface area contributed by atoms with Crippen LogP contribution in [0.4, 0.5) is 0 Å². The van der Waals surface area contributed by atoms with Gasteiger partial charge in [0.15, 0.2) is 11.5 Å². The van der Waals surface area contributed by atoms with E-state index in [0.717, 1.165) is 40.2 Å². The summed E-state index contributed by atoms with van der Waals surface area (Å²) in [5, 5.41) is 4.75. The van der Waals surface area contributed by atoms with Crippen LogP contribution >= 0.6 is 0 Å².